The Hall–Kier alpha value is -2.06. The number of nitrogens with one attached hydrogen (secondary N) is 2. The first-order valence-corrected chi connectivity index (χ1v) is 9.98. The Morgan fingerprint density at radius 2 is 1.85 bits per heavy atom. The molecule has 7 nitrogen and oxygen atoms in total. The first-order valence-electron chi connectivity index (χ1n) is 8.78. The molecule has 2 rings (SSSR count). The standard InChI is InChI=1S/C18H26ClN5O2S/c1-11(2)9-24(10-12(3)4)18-23-22-17(27-18)21-16(25)20-14-8-13(19)6-7-15(14)26-5/h6-8,11-12H,9-10H2,1-5H3,(H2,20,21,22,25). The number of carbonyl (C=O) groups excluding carboxylic acids is 1. The molecule has 0 radical (unpaired) electrons. The third-order valence-corrected chi connectivity index (χ3v) is 4.62. The minimum absolute atomic E-state index is 0.431. The van der Waals surface area contributed by atoms with Crippen LogP contribution in [0.3, 0.4) is 0 Å². The highest BCUT2D eigenvalue weighted by Gasteiger charge is 2.17. The Balaban J connectivity index is 2.06. The summed E-state index contributed by atoms with van der Waals surface area (Å²) in [5.74, 6) is 1.53. The summed E-state index contributed by atoms with van der Waals surface area (Å²) < 4.78 is 5.23. The number of ether oxygens (including phenoxy) is 1. The average Bonchev–Trinajstić information content (AvgIpc) is 3.02. The monoisotopic (exact) mass is 411 g/mol. The predicted molar refractivity (Wildman–Crippen MR) is 112 cm³/mol. The lowest BCUT2D eigenvalue weighted by atomic mass is 10.1. The van der Waals surface area contributed by atoms with Crippen molar-refractivity contribution in [3.63, 3.8) is 0 Å². The number of aromatic nitrogens is 2. The van der Waals surface area contributed by atoms with E-state index in [1.54, 1.807) is 18.2 Å². The van der Waals surface area contributed by atoms with Gasteiger partial charge in [-0.15, -0.1) is 10.2 Å². The van der Waals surface area contributed by atoms with Crippen LogP contribution in [-0.2, 0) is 0 Å². The van der Waals surface area contributed by atoms with E-state index < -0.39 is 6.03 Å². The summed E-state index contributed by atoms with van der Waals surface area (Å²) in [5.41, 5.74) is 0.480. The van der Waals surface area contributed by atoms with E-state index in [1.807, 2.05) is 0 Å². The molecule has 2 amide bonds. The number of nitrogens with zero attached hydrogens (tertiary/aromatic N) is 3. The van der Waals surface area contributed by atoms with Crippen LogP contribution in [0.2, 0.25) is 5.02 Å². The molecule has 1 aromatic carbocycles. The molecular formula is C18H26ClN5O2S. The van der Waals surface area contributed by atoms with Crippen molar-refractivity contribution in [2.45, 2.75) is 27.7 Å². The molecule has 0 aliphatic heterocycles. The lowest BCUT2D eigenvalue weighted by Gasteiger charge is -2.25. The summed E-state index contributed by atoms with van der Waals surface area (Å²) in [7, 11) is 1.53. The van der Waals surface area contributed by atoms with Crippen LogP contribution >= 0.6 is 22.9 Å². The fraction of sp³-hybridized carbons (Fsp3) is 0.500. The van der Waals surface area contributed by atoms with Gasteiger partial charge in [0.1, 0.15) is 5.75 Å². The average molecular weight is 412 g/mol. The lowest BCUT2D eigenvalue weighted by molar-refractivity contribution is 0.262. The van der Waals surface area contributed by atoms with E-state index in [4.69, 9.17) is 16.3 Å². The van der Waals surface area contributed by atoms with Gasteiger partial charge in [0.05, 0.1) is 12.8 Å². The quantitative estimate of drug-likeness (QED) is 0.641. The van der Waals surface area contributed by atoms with E-state index in [1.165, 1.54) is 18.4 Å². The van der Waals surface area contributed by atoms with Crippen molar-refractivity contribution in [3.05, 3.63) is 23.2 Å². The molecule has 2 aromatic rings. The molecule has 0 bridgehead atoms. The first-order chi connectivity index (χ1) is 12.8. The van der Waals surface area contributed by atoms with Crippen LogP contribution in [0.25, 0.3) is 0 Å². The van der Waals surface area contributed by atoms with Crippen molar-refractivity contribution in [1.82, 2.24) is 10.2 Å². The molecule has 0 atom stereocenters. The van der Waals surface area contributed by atoms with Gasteiger partial charge in [-0.1, -0.05) is 50.6 Å². The molecule has 148 valence electrons. The summed E-state index contributed by atoms with van der Waals surface area (Å²) in [6.07, 6.45) is 0. The van der Waals surface area contributed by atoms with Crippen molar-refractivity contribution >= 4 is 44.9 Å². The van der Waals surface area contributed by atoms with E-state index in [0.29, 0.717) is 33.4 Å². The lowest BCUT2D eigenvalue weighted by Crippen LogP contribution is -2.31. The number of benzene rings is 1. The molecule has 27 heavy (non-hydrogen) atoms. The number of halogens is 1. The predicted octanol–water partition coefficient (Wildman–Crippen LogP) is 4.96. The van der Waals surface area contributed by atoms with Crippen molar-refractivity contribution in [2.75, 3.05) is 35.7 Å². The van der Waals surface area contributed by atoms with Crippen LogP contribution < -0.4 is 20.3 Å². The Kier molecular flexibility index (Phi) is 7.67. The van der Waals surface area contributed by atoms with Gasteiger partial charge in [0, 0.05) is 18.1 Å². The SMILES string of the molecule is COc1ccc(Cl)cc1NC(=O)Nc1nnc(N(CC(C)C)CC(C)C)s1. The number of anilines is 3. The van der Waals surface area contributed by atoms with E-state index in [9.17, 15) is 4.79 Å². The van der Waals surface area contributed by atoms with Crippen LogP contribution in [0, 0.1) is 11.8 Å². The van der Waals surface area contributed by atoms with Gasteiger partial charge in [0.25, 0.3) is 0 Å². The number of hydrogen-bond donors (Lipinski definition) is 2. The second kappa shape index (κ2) is 9.75. The number of hydrogen-bond acceptors (Lipinski definition) is 6. The van der Waals surface area contributed by atoms with Crippen molar-refractivity contribution in [2.24, 2.45) is 11.8 Å². The summed E-state index contributed by atoms with van der Waals surface area (Å²) in [6, 6.07) is 4.57. The van der Waals surface area contributed by atoms with E-state index in [0.717, 1.165) is 18.2 Å². The van der Waals surface area contributed by atoms with Gasteiger partial charge in [0.2, 0.25) is 10.3 Å². The zero-order valence-corrected chi connectivity index (χ0v) is 17.8. The Morgan fingerprint density at radius 3 is 2.44 bits per heavy atom. The molecular weight excluding hydrogens is 386 g/mol. The molecule has 0 unspecified atom stereocenters. The molecule has 0 saturated heterocycles. The van der Waals surface area contributed by atoms with E-state index >= 15 is 0 Å². The van der Waals surface area contributed by atoms with Gasteiger partial charge in [0.15, 0.2) is 0 Å². The molecule has 1 heterocycles. The minimum Gasteiger partial charge on any atom is -0.495 e. The minimum atomic E-state index is -0.433. The van der Waals surface area contributed by atoms with Crippen LogP contribution in [-0.4, -0.2) is 36.4 Å². The van der Waals surface area contributed by atoms with Gasteiger partial charge in [-0.2, -0.15) is 0 Å². The third kappa shape index (κ3) is 6.55. The Labute approximate surface area is 169 Å². The summed E-state index contributed by atoms with van der Waals surface area (Å²) in [5, 5.41) is 15.5. The van der Waals surface area contributed by atoms with E-state index in [-0.39, 0.29) is 0 Å². The fourth-order valence-corrected chi connectivity index (χ4v) is 3.46. The molecule has 1 aromatic heterocycles. The van der Waals surface area contributed by atoms with Crippen molar-refractivity contribution in [3.8, 4) is 5.75 Å². The summed E-state index contributed by atoms with van der Waals surface area (Å²) in [6.45, 7) is 10.4. The zero-order valence-electron chi connectivity index (χ0n) is 16.2. The second-order valence-corrected chi connectivity index (χ2v) is 8.40. The Morgan fingerprint density at radius 1 is 1.19 bits per heavy atom. The molecule has 0 aliphatic rings. The maximum Gasteiger partial charge on any atom is 0.325 e. The van der Waals surface area contributed by atoms with Crippen LogP contribution in [0.15, 0.2) is 18.2 Å². The molecule has 9 heteroatoms. The van der Waals surface area contributed by atoms with Gasteiger partial charge in [-0.25, -0.2) is 4.79 Å². The maximum absolute atomic E-state index is 12.3. The Bertz CT molecular complexity index is 756. The molecule has 0 spiro atoms. The number of carbonyl (C=O) groups is 1. The number of urea groups is 1. The van der Waals surface area contributed by atoms with Crippen LogP contribution in [0.1, 0.15) is 27.7 Å². The van der Waals surface area contributed by atoms with Gasteiger partial charge >= 0.3 is 6.03 Å². The van der Waals surface area contributed by atoms with Gasteiger partial charge in [-0.05, 0) is 30.0 Å². The fourth-order valence-electron chi connectivity index (χ4n) is 2.53. The summed E-state index contributed by atoms with van der Waals surface area (Å²) in [4.78, 5) is 14.5. The number of amides is 2. The normalized spacial score (nSPS) is 11.0. The largest absolute Gasteiger partial charge is 0.495 e. The molecule has 0 saturated carbocycles. The number of rotatable bonds is 8. The first kappa shape index (κ1) is 21.2. The van der Waals surface area contributed by atoms with Crippen LogP contribution in [0.4, 0.5) is 20.7 Å². The van der Waals surface area contributed by atoms with Crippen LogP contribution in [0.5, 0.6) is 5.75 Å². The van der Waals surface area contributed by atoms with Crippen molar-refractivity contribution < 1.29 is 9.53 Å². The van der Waals surface area contributed by atoms with E-state index in [2.05, 4.69) is 53.4 Å². The molecule has 0 aliphatic carbocycles. The van der Waals surface area contributed by atoms with Gasteiger partial charge < -0.3 is 15.0 Å². The highest BCUT2D eigenvalue weighted by atomic mass is 35.5. The highest BCUT2D eigenvalue weighted by Crippen LogP contribution is 2.29. The molecule has 0 fully saturated rings. The maximum atomic E-state index is 12.3. The van der Waals surface area contributed by atoms with Gasteiger partial charge in [-0.3, -0.25) is 5.32 Å². The zero-order chi connectivity index (χ0) is 20.0. The third-order valence-electron chi connectivity index (χ3n) is 3.49. The topological polar surface area (TPSA) is 79.4 Å². The smallest absolute Gasteiger partial charge is 0.325 e. The molecule has 2 N–H and O–H groups in total. The second-order valence-electron chi connectivity index (χ2n) is 7.01. The summed E-state index contributed by atoms with van der Waals surface area (Å²) >= 11 is 7.34. The van der Waals surface area contributed by atoms with Crippen molar-refractivity contribution in [1.29, 1.82) is 0 Å². The highest BCUT2D eigenvalue weighted by molar-refractivity contribution is 7.19. The number of methoxy groups -OCH3 is 1.